The van der Waals surface area contributed by atoms with Crippen LogP contribution in [0.4, 0.5) is 25.0 Å². The van der Waals surface area contributed by atoms with Crippen LogP contribution < -0.4 is 15.1 Å². The Bertz CT molecular complexity index is 876. The number of cyclic esters (lactones) is 1. The lowest BCUT2D eigenvalue weighted by atomic mass is 10.2. The van der Waals surface area contributed by atoms with E-state index in [4.69, 9.17) is 22.2 Å². The Hall–Kier alpha value is -3.00. The zero-order valence-corrected chi connectivity index (χ0v) is 17.2. The van der Waals surface area contributed by atoms with Crippen molar-refractivity contribution in [3.8, 4) is 6.07 Å². The van der Waals surface area contributed by atoms with Crippen LogP contribution in [-0.2, 0) is 9.53 Å². The summed E-state index contributed by atoms with van der Waals surface area (Å²) in [5.41, 5.74) is -0.128. The van der Waals surface area contributed by atoms with Gasteiger partial charge in [-0.3, -0.25) is 9.69 Å². The van der Waals surface area contributed by atoms with Gasteiger partial charge >= 0.3 is 6.09 Å². The predicted octanol–water partition coefficient (Wildman–Crippen LogP) is 1.79. The molecule has 2 amide bonds. The summed E-state index contributed by atoms with van der Waals surface area (Å²) in [5, 5.41) is 11.5. The molecule has 2 aliphatic rings. The Morgan fingerprint density at radius 3 is 2.50 bits per heavy atom. The highest BCUT2D eigenvalue weighted by molar-refractivity contribution is 7.80. The molecule has 0 bridgehead atoms. The first-order valence-electron chi connectivity index (χ1n) is 9.41. The summed E-state index contributed by atoms with van der Waals surface area (Å²) in [6.45, 7) is 3.18. The molecule has 2 aliphatic heterocycles. The number of nitrogens with one attached hydrogen (secondary N) is 1. The van der Waals surface area contributed by atoms with Gasteiger partial charge < -0.3 is 19.9 Å². The summed E-state index contributed by atoms with van der Waals surface area (Å²) < 4.78 is 34.8. The third-order valence-corrected chi connectivity index (χ3v) is 5.09. The van der Waals surface area contributed by atoms with Crippen LogP contribution in [0.2, 0.25) is 0 Å². The first-order valence-corrected chi connectivity index (χ1v) is 9.82. The number of carbonyl (C=O) groups is 2. The van der Waals surface area contributed by atoms with Crippen molar-refractivity contribution in [1.29, 1.82) is 5.26 Å². The van der Waals surface area contributed by atoms with Crippen molar-refractivity contribution >= 4 is 40.6 Å². The quantitative estimate of drug-likeness (QED) is 0.703. The molecule has 2 fully saturated rings. The van der Waals surface area contributed by atoms with Crippen LogP contribution in [0.5, 0.6) is 0 Å². The molecule has 0 radical (unpaired) electrons. The fraction of sp³-hybridized carbons (Fsp3) is 0.474. The molecule has 160 valence electrons. The normalized spacial score (nSPS) is 18.8. The predicted molar refractivity (Wildman–Crippen MR) is 109 cm³/mol. The van der Waals surface area contributed by atoms with E-state index in [0.717, 1.165) is 12.1 Å². The second-order valence-electron chi connectivity index (χ2n) is 7.01. The molecule has 8 nitrogen and oxygen atoms in total. The maximum atomic E-state index is 14.8. The minimum atomic E-state index is -0.800. The Morgan fingerprint density at radius 1 is 1.30 bits per heavy atom. The number of hydrogen-bond donors (Lipinski definition) is 1. The number of nitrogens with zero attached hydrogens (tertiary/aromatic N) is 4. The highest BCUT2D eigenvalue weighted by Crippen LogP contribution is 2.31. The van der Waals surface area contributed by atoms with Crippen LogP contribution >= 0.6 is 12.2 Å². The molecule has 11 heteroatoms. The van der Waals surface area contributed by atoms with E-state index >= 15 is 0 Å². The highest BCUT2D eigenvalue weighted by atomic mass is 32.1. The molecule has 3 rings (SSSR count). The van der Waals surface area contributed by atoms with Gasteiger partial charge in [-0.2, -0.15) is 5.26 Å². The molecule has 1 atom stereocenters. The number of anilines is 2. The van der Waals surface area contributed by atoms with Gasteiger partial charge in [-0.05, 0) is 6.92 Å². The molecule has 30 heavy (non-hydrogen) atoms. The molecule has 0 spiro atoms. The maximum Gasteiger partial charge on any atom is 0.414 e. The average Bonchev–Trinajstić information content (AvgIpc) is 3.07. The van der Waals surface area contributed by atoms with E-state index in [1.54, 1.807) is 13.0 Å². The van der Waals surface area contributed by atoms with Gasteiger partial charge in [-0.1, -0.05) is 12.2 Å². The van der Waals surface area contributed by atoms with Crippen molar-refractivity contribution in [2.75, 3.05) is 49.1 Å². The second kappa shape index (κ2) is 9.21. The molecule has 2 saturated heterocycles. The van der Waals surface area contributed by atoms with E-state index in [2.05, 4.69) is 5.32 Å². The van der Waals surface area contributed by atoms with E-state index < -0.39 is 23.8 Å². The van der Waals surface area contributed by atoms with Gasteiger partial charge in [0.1, 0.15) is 18.2 Å². The Labute approximate surface area is 178 Å². The van der Waals surface area contributed by atoms with Gasteiger partial charge in [0.25, 0.3) is 0 Å². The summed E-state index contributed by atoms with van der Waals surface area (Å²) in [4.78, 5) is 28.7. The van der Waals surface area contributed by atoms with Gasteiger partial charge in [0.15, 0.2) is 11.6 Å². The zero-order valence-electron chi connectivity index (χ0n) is 16.4. The number of rotatable bonds is 5. The van der Waals surface area contributed by atoms with Gasteiger partial charge in [0.2, 0.25) is 5.91 Å². The number of hydrogen-bond acceptors (Lipinski definition) is 6. The number of amides is 2. The van der Waals surface area contributed by atoms with E-state index in [9.17, 15) is 18.4 Å². The number of carbonyl (C=O) groups excluding carboxylic acids is 2. The standard InChI is InChI=1S/C19H21F2N5O3S/c1-12(30)23-10-14-11-26(19(28)29-14)13-8-15(20)18(16(21)9-13)25-6-4-24(5-7-25)17(27)2-3-22/h8-9,14H,2,4-7,10-11H2,1H3,(H,23,30)/t14-/m0/s1. The van der Waals surface area contributed by atoms with Gasteiger partial charge in [0, 0.05) is 38.3 Å². The molecule has 1 aromatic rings. The second-order valence-corrected chi connectivity index (χ2v) is 7.63. The summed E-state index contributed by atoms with van der Waals surface area (Å²) in [6, 6.07) is 4.01. The Morgan fingerprint density at radius 2 is 1.93 bits per heavy atom. The van der Waals surface area contributed by atoms with E-state index in [-0.39, 0.29) is 56.4 Å². The topological polar surface area (TPSA) is 88.9 Å². The lowest BCUT2D eigenvalue weighted by Gasteiger charge is -2.36. The Balaban J connectivity index is 1.69. The minimum absolute atomic E-state index is 0.0724. The van der Waals surface area contributed by atoms with Crippen LogP contribution in [0, 0.1) is 23.0 Å². The first kappa shape index (κ1) is 21.7. The first-order chi connectivity index (χ1) is 14.3. The van der Waals surface area contributed by atoms with Crippen molar-refractivity contribution in [1.82, 2.24) is 10.2 Å². The largest absolute Gasteiger partial charge is 0.442 e. The molecule has 2 heterocycles. The smallest absolute Gasteiger partial charge is 0.414 e. The third-order valence-electron chi connectivity index (χ3n) is 4.94. The maximum absolute atomic E-state index is 14.8. The summed E-state index contributed by atoms with van der Waals surface area (Å²) in [6.07, 6.45) is -1.38. The lowest BCUT2D eigenvalue weighted by Crippen LogP contribution is -2.49. The molecule has 0 aromatic heterocycles. The molecule has 0 unspecified atom stereocenters. The fourth-order valence-corrected chi connectivity index (χ4v) is 3.55. The van der Waals surface area contributed by atoms with Crippen LogP contribution in [0.15, 0.2) is 12.1 Å². The molecule has 1 aromatic carbocycles. The van der Waals surface area contributed by atoms with Crippen molar-refractivity contribution in [2.24, 2.45) is 0 Å². The number of nitriles is 1. The molecular formula is C19H21F2N5O3S. The van der Waals surface area contributed by atoms with Crippen molar-refractivity contribution in [3.05, 3.63) is 23.8 Å². The molecule has 0 aliphatic carbocycles. The van der Waals surface area contributed by atoms with Gasteiger partial charge in [-0.25, -0.2) is 13.6 Å². The zero-order chi connectivity index (χ0) is 21.8. The number of benzene rings is 1. The van der Waals surface area contributed by atoms with Gasteiger partial charge in [0.05, 0.1) is 29.8 Å². The SMILES string of the molecule is CC(=S)NC[C@H]1CN(c2cc(F)c(N3CCN(C(=O)CC#N)CC3)c(F)c2)C(=O)O1. The summed E-state index contributed by atoms with van der Waals surface area (Å²) in [7, 11) is 0. The van der Waals surface area contributed by atoms with E-state index in [1.807, 2.05) is 0 Å². The average molecular weight is 437 g/mol. The number of thiocarbonyl (C=S) groups is 1. The number of piperazine rings is 1. The van der Waals surface area contributed by atoms with Crippen LogP contribution in [0.1, 0.15) is 13.3 Å². The van der Waals surface area contributed by atoms with Crippen LogP contribution in [-0.4, -0.2) is 67.3 Å². The van der Waals surface area contributed by atoms with Crippen LogP contribution in [0.25, 0.3) is 0 Å². The summed E-state index contributed by atoms with van der Waals surface area (Å²) in [5.74, 6) is -1.90. The van der Waals surface area contributed by atoms with E-state index in [1.165, 1.54) is 14.7 Å². The highest BCUT2D eigenvalue weighted by Gasteiger charge is 2.34. The number of halogens is 2. The summed E-state index contributed by atoms with van der Waals surface area (Å²) >= 11 is 4.92. The molecule has 1 N–H and O–H groups in total. The lowest BCUT2D eigenvalue weighted by molar-refractivity contribution is -0.130. The van der Waals surface area contributed by atoms with Crippen molar-refractivity contribution in [2.45, 2.75) is 19.4 Å². The van der Waals surface area contributed by atoms with Gasteiger partial charge in [-0.15, -0.1) is 0 Å². The number of ether oxygens (including phenoxy) is 1. The molecular weight excluding hydrogens is 416 g/mol. The van der Waals surface area contributed by atoms with Crippen molar-refractivity contribution in [3.63, 3.8) is 0 Å². The van der Waals surface area contributed by atoms with Crippen molar-refractivity contribution < 1.29 is 23.1 Å². The minimum Gasteiger partial charge on any atom is -0.442 e. The van der Waals surface area contributed by atoms with Crippen LogP contribution in [0.3, 0.4) is 0 Å². The monoisotopic (exact) mass is 437 g/mol. The Kier molecular flexibility index (Phi) is 6.66. The fourth-order valence-electron chi connectivity index (χ4n) is 3.47. The molecule has 0 saturated carbocycles. The third kappa shape index (κ3) is 4.76. The van der Waals surface area contributed by atoms with E-state index in [0.29, 0.717) is 11.5 Å².